The minimum absolute atomic E-state index is 0.0545. The van der Waals surface area contributed by atoms with Crippen molar-refractivity contribution < 1.29 is 9.59 Å². The first-order valence-corrected chi connectivity index (χ1v) is 11.1. The number of Topliss-reactive ketones (excluding diaryl/α,β-unsaturated/α-hetero) is 2. The summed E-state index contributed by atoms with van der Waals surface area (Å²) >= 11 is 0. The van der Waals surface area contributed by atoms with Crippen molar-refractivity contribution in [3.63, 3.8) is 0 Å². The van der Waals surface area contributed by atoms with Gasteiger partial charge >= 0.3 is 0 Å². The van der Waals surface area contributed by atoms with Crippen molar-refractivity contribution in [3.8, 4) is 0 Å². The summed E-state index contributed by atoms with van der Waals surface area (Å²) in [5.41, 5.74) is 6.08. The van der Waals surface area contributed by atoms with E-state index in [9.17, 15) is 9.59 Å². The first-order valence-electron chi connectivity index (χ1n) is 11.1. The van der Waals surface area contributed by atoms with Gasteiger partial charge < -0.3 is 0 Å². The molecular formula is C30H22O2. The summed E-state index contributed by atoms with van der Waals surface area (Å²) in [7, 11) is 0. The molecule has 0 heterocycles. The van der Waals surface area contributed by atoms with Crippen molar-refractivity contribution in [1.82, 2.24) is 0 Å². The molecule has 0 amide bonds. The maximum Gasteiger partial charge on any atom is 0.167 e. The van der Waals surface area contributed by atoms with Crippen LogP contribution in [0.2, 0.25) is 0 Å². The summed E-state index contributed by atoms with van der Waals surface area (Å²) in [6, 6.07) is 35.6. The van der Waals surface area contributed by atoms with Crippen LogP contribution < -0.4 is 0 Å². The molecule has 0 radical (unpaired) electrons. The molecule has 154 valence electrons. The molecule has 0 aliphatic heterocycles. The molecule has 4 aromatic rings. The molecule has 2 atom stereocenters. The smallest absolute Gasteiger partial charge is 0.167 e. The third-order valence-corrected chi connectivity index (χ3v) is 7.16. The van der Waals surface area contributed by atoms with Gasteiger partial charge in [0.2, 0.25) is 0 Å². The standard InChI is InChI=1S/C30H22O2/c31-29(19-11-3-1-4-12-19)27-25-21-15-7-9-17-23(21)26(24-18-10-8-16-22(24)25)28(27)30(32)20-13-5-2-6-14-20/h1-18,25-28H. The molecule has 2 heteroatoms. The van der Waals surface area contributed by atoms with Crippen LogP contribution in [0.1, 0.15) is 54.8 Å². The van der Waals surface area contributed by atoms with Crippen molar-refractivity contribution in [2.45, 2.75) is 11.8 Å². The lowest BCUT2D eigenvalue weighted by atomic mass is 9.51. The van der Waals surface area contributed by atoms with E-state index in [2.05, 4.69) is 24.3 Å². The number of carbonyl (C=O) groups excluding carboxylic acids is 2. The molecule has 0 N–H and O–H groups in total. The van der Waals surface area contributed by atoms with Crippen LogP contribution in [0.3, 0.4) is 0 Å². The number of rotatable bonds is 4. The molecule has 4 aromatic carbocycles. The van der Waals surface area contributed by atoms with Gasteiger partial charge in [0.15, 0.2) is 11.6 Å². The molecule has 0 saturated heterocycles. The maximum absolute atomic E-state index is 14.0. The Morgan fingerprint density at radius 3 is 1.00 bits per heavy atom. The number of hydrogen-bond donors (Lipinski definition) is 0. The molecule has 0 saturated carbocycles. The Morgan fingerprint density at radius 1 is 0.406 bits per heavy atom. The average Bonchev–Trinajstić information content (AvgIpc) is 2.88. The van der Waals surface area contributed by atoms with Crippen LogP contribution in [-0.4, -0.2) is 11.6 Å². The summed E-state index contributed by atoms with van der Waals surface area (Å²) in [4.78, 5) is 28.0. The van der Waals surface area contributed by atoms with Crippen LogP contribution in [0, 0.1) is 11.8 Å². The lowest BCUT2D eigenvalue weighted by Gasteiger charge is -2.49. The van der Waals surface area contributed by atoms with Crippen LogP contribution in [0.25, 0.3) is 0 Å². The zero-order chi connectivity index (χ0) is 21.7. The van der Waals surface area contributed by atoms with Crippen molar-refractivity contribution in [2.24, 2.45) is 11.8 Å². The molecule has 3 aliphatic rings. The number of hydrogen-bond acceptors (Lipinski definition) is 2. The van der Waals surface area contributed by atoms with Crippen LogP contribution in [0.5, 0.6) is 0 Å². The second-order valence-electron chi connectivity index (χ2n) is 8.73. The van der Waals surface area contributed by atoms with E-state index < -0.39 is 11.8 Å². The van der Waals surface area contributed by atoms with E-state index in [0.717, 1.165) is 0 Å². The fourth-order valence-electron chi connectivity index (χ4n) is 5.90. The van der Waals surface area contributed by atoms with E-state index in [0.29, 0.717) is 11.1 Å². The second kappa shape index (κ2) is 7.42. The number of fused-ring (bicyclic) bond motifs is 1. The number of benzene rings is 4. The Kier molecular flexibility index (Phi) is 4.39. The average molecular weight is 415 g/mol. The fraction of sp³-hybridized carbons (Fsp3) is 0.133. The fourth-order valence-corrected chi connectivity index (χ4v) is 5.90. The first kappa shape index (κ1) is 18.9. The molecule has 2 bridgehead atoms. The normalized spacial score (nSPS) is 22.6. The van der Waals surface area contributed by atoms with E-state index in [1.807, 2.05) is 84.9 Å². The van der Waals surface area contributed by atoms with Crippen LogP contribution in [0.15, 0.2) is 109 Å². The highest BCUT2D eigenvalue weighted by molar-refractivity contribution is 6.07. The molecular weight excluding hydrogens is 392 g/mol. The topological polar surface area (TPSA) is 34.1 Å². The summed E-state index contributed by atoms with van der Waals surface area (Å²) in [6.07, 6.45) is 0. The van der Waals surface area contributed by atoms with Gasteiger partial charge in [0.25, 0.3) is 0 Å². The summed E-state index contributed by atoms with van der Waals surface area (Å²) < 4.78 is 0. The molecule has 3 aliphatic carbocycles. The quantitative estimate of drug-likeness (QED) is 0.369. The van der Waals surface area contributed by atoms with Gasteiger partial charge in [-0.1, -0.05) is 109 Å². The van der Waals surface area contributed by atoms with E-state index in [1.54, 1.807) is 0 Å². The number of ketones is 2. The Labute approximate surface area is 187 Å². The highest BCUT2D eigenvalue weighted by Crippen LogP contribution is 2.59. The van der Waals surface area contributed by atoms with Crippen LogP contribution in [0.4, 0.5) is 0 Å². The molecule has 0 spiro atoms. The third-order valence-electron chi connectivity index (χ3n) is 7.16. The van der Waals surface area contributed by atoms with Crippen LogP contribution >= 0.6 is 0 Å². The Hall–Kier alpha value is -3.78. The van der Waals surface area contributed by atoms with Gasteiger partial charge in [0, 0.05) is 34.8 Å². The van der Waals surface area contributed by atoms with Gasteiger partial charge in [-0.05, 0) is 22.3 Å². The van der Waals surface area contributed by atoms with E-state index in [4.69, 9.17) is 0 Å². The van der Waals surface area contributed by atoms with Crippen LogP contribution in [-0.2, 0) is 0 Å². The third kappa shape index (κ3) is 2.73. The van der Waals surface area contributed by atoms with E-state index >= 15 is 0 Å². The van der Waals surface area contributed by atoms with Crippen molar-refractivity contribution >= 4 is 11.6 Å². The van der Waals surface area contributed by atoms with Gasteiger partial charge in [-0.15, -0.1) is 0 Å². The van der Waals surface area contributed by atoms with Gasteiger partial charge in [0.1, 0.15) is 0 Å². The number of carbonyl (C=O) groups is 2. The van der Waals surface area contributed by atoms with E-state index in [-0.39, 0.29) is 23.4 Å². The highest BCUT2D eigenvalue weighted by atomic mass is 16.1. The molecule has 32 heavy (non-hydrogen) atoms. The molecule has 2 unspecified atom stereocenters. The lowest BCUT2D eigenvalue weighted by Crippen LogP contribution is -2.47. The molecule has 7 rings (SSSR count). The lowest BCUT2D eigenvalue weighted by molar-refractivity contribution is 0.0697. The summed E-state index contributed by atoms with van der Waals surface area (Å²) in [5, 5.41) is 0. The van der Waals surface area contributed by atoms with Crippen molar-refractivity contribution in [2.75, 3.05) is 0 Å². The molecule has 2 nitrogen and oxygen atoms in total. The zero-order valence-corrected chi connectivity index (χ0v) is 17.5. The predicted molar refractivity (Wildman–Crippen MR) is 125 cm³/mol. The van der Waals surface area contributed by atoms with Gasteiger partial charge in [-0.25, -0.2) is 0 Å². The Bertz CT molecular complexity index is 1170. The molecule has 0 aromatic heterocycles. The minimum Gasteiger partial charge on any atom is -0.294 e. The summed E-state index contributed by atoms with van der Waals surface area (Å²) in [5.74, 6) is -1.01. The van der Waals surface area contributed by atoms with Gasteiger partial charge in [-0.2, -0.15) is 0 Å². The Balaban J connectivity index is 1.61. The zero-order valence-electron chi connectivity index (χ0n) is 17.5. The second-order valence-corrected chi connectivity index (χ2v) is 8.73. The minimum atomic E-state index is -0.431. The Morgan fingerprint density at radius 2 is 0.688 bits per heavy atom. The largest absolute Gasteiger partial charge is 0.294 e. The highest BCUT2D eigenvalue weighted by Gasteiger charge is 2.54. The maximum atomic E-state index is 14.0. The van der Waals surface area contributed by atoms with E-state index in [1.165, 1.54) is 22.3 Å². The molecule has 0 fully saturated rings. The van der Waals surface area contributed by atoms with Crippen molar-refractivity contribution in [3.05, 3.63) is 143 Å². The predicted octanol–water partition coefficient (Wildman–Crippen LogP) is 6.28. The SMILES string of the molecule is O=C(c1ccccc1)C1C2c3ccccc3C(c3ccccc32)C1C(=O)c1ccccc1. The van der Waals surface area contributed by atoms with Crippen molar-refractivity contribution in [1.29, 1.82) is 0 Å². The first-order chi connectivity index (χ1) is 15.8. The van der Waals surface area contributed by atoms with Gasteiger partial charge in [0.05, 0.1) is 0 Å². The van der Waals surface area contributed by atoms with Gasteiger partial charge in [-0.3, -0.25) is 9.59 Å². The summed E-state index contributed by atoms with van der Waals surface area (Å²) in [6.45, 7) is 0. The monoisotopic (exact) mass is 414 g/mol.